The van der Waals surface area contributed by atoms with E-state index < -0.39 is 29.9 Å². The highest BCUT2D eigenvalue weighted by atomic mass is 19.3. The number of hydrogen-bond acceptors (Lipinski definition) is 6. The molecule has 0 spiro atoms. The number of aromatic nitrogens is 1. The minimum Gasteiger partial charge on any atom is -0.466 e. The number of allylic oxidation sites excluding steroid dienone is 1. The van der Waals surface area contributed by atoms with E-state index in [2.05, 4.69) is 10.3 Å². The average molecular weight is 408 g/mol. The second kappa shape index (κ2) is 9.15. The van der Waals surface area contributed by atoms with Crippen LogP contribution in [0.5, 0.6) is 0 Å². The summed E-state index contributed by atoms with van der Waals surface area (Å²) in [7, 11) is 2.84. The summed E-state index contributed by atoms with van der Waals surface area (Å²) in [5, 5.41) is 3.04. The Hall–Kier alpha value is -2.77. The lowest BCUT2D eigenvalue weighted by molar-refractivity contribution is -0.136. The van der Waals surface area contributed by atoms with Crippen LogP contribution in [0.4, 0.5) is 14.5 Å². The van der Waals surface area contributed by atoms with Crippen LogP contribution < -0.4 is 5.32 Å². The van der Waals surface area contributed by atoms with Crippen LogP contribution in [0.15, 0.2) is 34.7 Å². The zero-order valence-electron chi connectivity index (χ0n) is 17.4. The number of nitrogens with zero attached hydrogens (tertiary/aromatic N) is 1. The third kappa shape index (κ3) is 4.31. The van der Waals surface area contributed by atoms with Gasteiger partial charge in [-0.1, -0.05) is 13.8 Å². The van der Waals surface area contributed by atoms with E-state index in [1.165, 1.54) is 13.1 Å². The van der Waals surface area contributed by atoms with E-state index in [0.29, 0.717) is 16.8 Å². The Morgan fingerprint density at radius 3 is 2.41 bits per heavy atom. The van der Waals surface area contributed by atoms with Crippen LogP contribution in [-0.2, 0) is 19.1 Å². The SMILES string of the molecule is CNc1cncc([C@H](C2=C(C)COC2=O)/C(C(=O)OC)=C(\C)C(F)F)c1C(C)C. The van der Waals surface area contributed by atoms with Crippen molar-refractivity contribution in [3.05, 3.63) is 45.8 Å². The molecule has 1 aliphatic rings. The minimum absolute atomic E-state index is 0.0398. The fourth-order valence-corrected chi connectivity index (χ4v) is 3.62. The van der Waals surface area contributed by atoms with E-state index in [0.717, 1.165) is 12.7 Å². The summed E-state index contributed by atoms with van der Waals surface area (Å²) in [6.07, 6.45) is 0.230. The topological polar surface area (TPSA) is 77.5 Å². The van der Waals surface area contributed by atoms with Crippen molar-refractivity contribution in [2.75, 3.05) is 26.1 Å². The fraction of sp³-hybridized carbons (Fsp3) is 0.476. The lowest BCUT2D eigenvalue weighted by Gasteiger charge is -2.27. The Morgan fingerprint density at radius 2 is 1.97 bits per heavy atom. The highest BCUT2D eigenvalue weighted by Crippen LogP contribution is 2.43. The largest absolute Gasteiger partial charge is 0.466 e. The number of carbonyl (C=O) groups excluding carboxylic acids is 2. The Bertz CT molecular complexity index is 875. The number of anilines is 1. The number of carbonyl (C=O) groups is 2. The Kier molecular flexibility index (Phi) is 7.11. The maximum atomic E-state index is 13.7. The van der Waals surface area contributed by atoms with Crippen LogP contribution in [0.2, 0.25) is 0 Å². The van der Waals surface area contributed by atoms with Gasteiger partial charge in [0.1, 0.15) is 6.61 Å². The molecule has 2 heterocycles. The van der Waals surface area contributed by atoms with Crippen LogP contribution in [0, 0.1) is 0 Å². The first-order valence-electron chi connectivity index (χ1n) is 9.25. The maximum Gasteiger partial charge on any atom is 0.335 e. The van der Waals surface area contributed by atoms with Gasteiger partial charge in [0.2, 0.25) is 0 Å². The van der Waals surface area contributed by atoms with Gasteiger partial charge in [0.05, 0.1) is 36.1 Å². The van der Waals surface area contributed by atoms with Crippen molar-refractivity contribution in [2.45, 2.75) is 46.0 Å². The minimum atomic E-state index is -2.90. The standard InChI is InChI=1S/C21H26F2N2O4/c1-10(2)15-13(7-25-8-14(15)24-5)18(16-11(3)9-29-21(16)27)17(20(26)28-6)12(4)19(22)23/h7-8,10,18-19,24H,9H2,1-6H3/b17-12-/t18-/m1/s1. The molecule has 0 bridgehead atoms. The predicted octanol–water partition coefficient (Wildman–Crippen LogP) is 3.96. The number of pyridine rings is 1. The molecule has 2 rings (SSSR count). The van der Waals surface area contributed by atoms with Gasteiger partial charge in [-0.2, -0.15) is 0 Å². The Morgan fingerprint density at radius 1 is 1.31 bits per heavy atom. The molecule has 158 valence electrons. The molecule has 0 unspecified atom stereocenters. The summed E-state index contributed by atoms with van der Waals surface area (Å²) in [4.78, 5) is 29.4. The third-order valence-corrected chi connectivity index (χ3v) is 5.01. The molecule has 0 saturated carbocycles. The molecule has 0 amide bonds. The molecule has 8 heteroatoms. The molecule has 1 atom stereocenters. The number of cyclic esters (lactones) is 1. The number of esters is 2. The number of hydrogen-bond donors (Lipinski definition) is 1. The van der Waals surface area contributed by atoms with Crippen LogP contribution in [-0.4, -0.2) is 44.1 Å². The number of halogens is 2. The first-order chi connectivity index (χ1) is 13.6. The number of methoxy groups -OCH3 is 1. The first-order valence-corrected chi connectivity index (χ1v) is 9.25. The predicted molar refractivity (Wildman–Crippen MR) is 105 cm³/mol. The monoisotopic (exact) mass is 408 g/mol. The number of rotatable bonds is 7. The third-order valence-electron chi connectivity index (χ3n) is 5.01. The summed E-state index contributed by atoms with van der Waals surface area (Å²) < 4.78 is 37.4. The van der Waals surface area contributed by atoms with Crippen molar-refractivity contribution < 1.29 is 27.8 Å². The number of ether oxygens (including phenoxy) is 2. The van der Waals surface area contributed by atoms with Gasteiger partial charge < -0.3 is 14.8 Å². The van der Waals surface area contributed by atoms with Gasteiger partial charge in [-0.25, -0.2) is 18.4 Å². The van der Waals surface area contributed by atoms with E-state index in [4.69, 9.17) is 9.47 Å². The van der Waals surface area contributed by atoms with E-state index in [1.54, 1.807) is 20.2 Å². The maximum absolute atomic E-state index is 13.7. The summed E-state index contributed by atoms with van der Waals surface area (Å²) >= 11 is 0. The lowest BCUT2D eigenvalue weighted by Crippen LogP contribution is -2.23. The highest BCUT2D eigenvalue weighted by molar-refractivity contribution is 6.00. The number of alkyl halides is 2. The first kappa shape index (κ1) is 22.5. The van der Waals surface area contributed by atoms with E-state index in [9.17, 15) is 18.4 Å². The second-order valence-corrected chi connectivity index (χ2v) is 7.19. The van der Waals surface area contributed by atoms with Crippen molar-refractivity contribution in [1.82, 2.24) is 4.98 Å². The van der Waals surface area contributed by atoms with Crippen molar-refractivity contribution in [1.29, 1.82) is 0 Å². The summed E-state index contributed by atoms with van der Waals surface area (Å²) in [5.74, 6) is -2.68. The molecule has 1 aromatic heterocycles. The fourth-order valence-electron chi connectivity index (χ4n) is 3.62. The van der Waals surface area contributed by atoms with Crippen LogP contribution in [0.1, 0.15) is 50.7 Å². The molecule has 0 aromatic carbocycles. The summed E-state index contributed by atoms with van der Waals surface area (Å²) in [5.41, 5.74) is 1.97. The molecule has 29 heavy (non-hydrogen) atoms. The van der Waals surface area contributed by atoms with Crippen molar-refractivity contribution in [3.63, 3.8) is 0 Å². The summed E-state index contributed by atoms with van der Waals surface area (Å²) in [6, 6.07) is 0. The number of nitrogens with one attached hydrogen (secondary N) is 1. The molecule has 0 saturated heterocycles. The van der Waals surface area contributed by atoms with Crippen LogP contribution in [0.3, 0.4) is 0 Å². The van der Waals surface area contributed by atoms with Gasteiger partial charge in [0.25, 0.3) is 6.43 Å². The molecular formula is C21H26F2N2O4. The molecule has 1 aromatic rings. The van der Waals surface area contributed by atoms with Gasteiger partial charge in [0.15, 0.2) is 0 Å². The molecule has 1 N–H and O–H groups in total. The molecule has 0 radical (unpaired) electrons. The van der Waals surface area contributed by atoms with Gasteiger partial charge >= 0.3 is 11.9 Å². The average Bonchev–Trinajstić information content (AvgIpc) is 3.02. The molecular weight excluding hydrogens is 382 g/mol. The lowest BCUT2D eigenvalue weighted by atomic mass is 9.77. The second-order valence-electron chi connectivity index (χ2n) is 7.19. The summed E-state index contributed by atoms with van der Waals surface area (Å²) in [6.45, 7) is 6.77. The van der Waals surface area contributed by atoms with Gasteiger partial charge in [-0.3, -0.25) is 4.98 Å². The normalized spacial score (nSPS) is 16.1. The van der Waals surface area contributed by atoms with E-state index in [1.807, 2.05) is 13.8 Å². The molecule has 1 aliphatic heterocycles. The van der Waals surface area contributed by atoms with Crippen molar-refractivity contribution >= 4 is 17.6 Å². The molecule has 0 aliphatic carbocycles. The van der Waals surface area contributed by atoms with Gasteiger partial charge in [-0.15, -0.1) is 0 Å². The van der Waals surface area contributed by atoms with E-state index in [-0.39, 0.29) is 23.7 Å². The quantitative estimate of drug-likeness (QED) is 0.544. The van der Waals surface area contributed by atoms with Crippen LogP contribution in [0.25, 0.3) is 0 Å². The van der Waals surface area contributed by atoms with E-state index >= 15 is 0 Å². The van der Waals surface area contributed by atoms with Gasteiger partial charge in [-0.05, 0) is 36.5 Å². The zero-order chi connectivity index (χ0) is 21.9. The Balaban J connectivity index is 2.95. The Labute approximate surface area is 169 Å². The molecule has 6 nitrogen and oxygen atoms in total. The highest BCUT2D eigenvalue weighted by Gasteiger charge is 2.40. The van der Waals surface area contributed by atoms with Gasteiger partial charge in [0, 0.05) is 18.8 Å². The smallest absolute Gasteiger partial charge is 0.335 e. The van der Waals surface area contributed by atoms with Crippen molar-refractivity contribution in [3.8, 4) is 0 Å². The molecule has 0 fully saturated rings. The van der Waals surface area contributed by atoms with Crippen LogP contribution >= 0.6 is 0 Å². The van der Waals surface area contributed by atoms with Crippen molar-refractivity contribution in [2.24, 2.45) is 0 Å². The zero-order valence-corrected chi connectivity index (χ0v) is 17.4.